The van der Waals surface area contributed by atoms with Crippen LogP contribution in [0.4, 0.5) is 0 Å². The zero-order valence-electron chi connectivity index (χ0n) is 9.49. The van der Waals surface area contributed by atoms with Gasteiger partial charge in [0.15, 0.2) is 0 Å². The topological polar surface area (TPSA) is 40.5 Å². The molecule has 0 aliphatic heterocycles. The van der Waals surface area contributed by atoms with E-state index < -0.39 is 6.10 Å². The van der Waals surface area contributed by atoms with Crippen molar-refractivity contribution in [2.24, 2.45) is 0 Å². The second kappa shape index (κ2) is 4.99. The molecule has 1 rings (SSSR count). The molecule has 1 atom stereocenters. The molecule has 0 saturated heterocycles. The van der Waals surface area contributed by atoms with Gasteiger partial charge in [0, 0.05) is 5.56 Å². The van der Waals surface area contributed by atoms with Gasteiger partial charge in [-0.2, -0.15) is 0 Å². The van der Waals surface area contributed by atoms with Gasteiger partial charge in [0.05, 0.1) is 6.10 Å². The van der Waals surface area contributed by atoms with Crippen LogP contribution in [0, 0.1) is 0 Å². The van der Waals surface area contributed by atoms with E-state index in [-0.39, 0.29) is 5.75 Å². The van der Waals surface area contributed by atoms with Crippen molar-refractivity contribution in [2.75, 3.05) is 0 Å². The Labute approximate surface area is 90.9 Å². The molecule has 82 valence electrons. The molecule has 1 unspecified atom stereocenters. The van der Waals surface area contributed by atoms with Crippen LogP contribution >= 0.6 is 0 Å². The zero-order valence-corrected chi connectivity index (χ0v) is 9.49. The zero-order chi connectivity index (χ0) is 11.4. The molecule has 0 aliphatic carbocycles. The molecule has 0 fully saturated rings. The monoisotopic (exact) mass is 206 g/mol. The Morgan fingerprint density at radius 3 is 2.60 bits per heavy atom. The molecule has 0 radical (unpaired) electrons. The molecule has 0 amide bonds. The van der Waals surface area contributed by atoms with Crippen LogP contribution in [0.3, 0.4) is 0 Å². The van der Waals surface area contributed by atoms with E-state index in [9.17, 15) is 10.2 Å². The van der Waals surface area contributed by atoms with Crippen molar-refractivity contribution in [3.63, 3.8) is 0 Å². The molecule has 0 bridgehead atoms. The van der Waals surface area contributed by atoms with Gasteiger partial charge in [-0.05, 0) is 43.5 Å². The lowest BCUT2D eigenvalue weighted by Crippen LogP contribution is -1.94. The van der Waals surface area contributed by atoms with Crippen LogP contribution in [0.2, 0.25) is 0 Å². The normalized spacial score (nSPS) is 14.0. The number of hydrogen-bond donors (Lipinski definition) is 2. The maximum atomic E-state index is 9.55. The number of rotatable bonds is 3. The maximum absolute atomic E-state index is 9.55. The second-order valence-electron chi connectivity index (χ2n) is 3.62. The van der Waals surface area contributed by atoms with Gasteiger partial charge in [-0.3, -0.25) is 0 Å². The van der Waals surface area contributed by atoms with Gasteiger partial charge in [0.1, 0.15) is 5.75 Å². The molecule has 0 saturated carbocycles. The van der Waals surface area contributed by atoms with Crippen LogP contribution in [0.25, 0.3) is 5.57 Å². The first-order valence-corrected chi connectivity index (χ1v) is 5.26. The van der Waals surface area contributed by atoms with Crippen LogP contribution in [-0.2, 0) is 0 Å². The molecule has 15 heavy (non-hydrogen) atoms. The second-order valence-corrected chi connectivity index (χ2v) is 3.62. The van der Waals surface area contributed by atoms with Gasteiger partial charge in [0.2, 0.25) is 0 Å². The predicted octanol–water partition coefficient (Wildman–Crippen LogP) is 3.26. The van der Waals surface area contributed by atoms with Crippen molar-refractivity contribution in [3.8, 4) is 5.75 Å². The highest BCUT2D eigenvalue weighted by atomic mass is 16.3. The fourth-order valence-corrected chi connectivity index (χ4v) is 1.66. The molecule has 1 aromatic carbocycles. The van der Waals surface area contributed by atoms with E-state index in [1.807, 2.05) is 19.1 Å². The van der Waals surface area contributed by atoms with E-state index in [0.717, 1.165) is 12.0 Å². The smallest absolute Gasteiger partial charge is 0.121 e. The third kappa shape index (κ3) is 2.60. The number of allylic oxidation sites excluding steroid dienone is 2. The van der Waals surface area contributed by atoms with Crippen LogP contribution < -0.4 is 0 Å². The molecule has 2 N–H and O–H groups in total. The maximum Gasteiger partial charge on any atom is 0.121 e. The minimum Gasteiger partial charge on any atom is -0.508 e. The Kier molecular flexibility index (Phi) is 3.92. The number of benzene rings is 1. The van der Waals surface area contributed by atoms with Crippen molar-refractivity contribution in [1.29, 1.82) is 0 Å². The summed E-state index contributed by atoms with van der Waals surface area (Å²) in [6.45, 7) is 5.73. The van der Waals surface area contributed by atoms with E-state index in [4.69, 9.17) is 0 Å². The summed E-state index contributed by atoms with van der Waals surface area (Å²) < 4.78 is 0. The van der Waals surface area contributed by atoms with Crippen molar-refractivity contribution < 1.29 is 10.2 Å². The SMILES string of the molecule is C/C=C(\CC)c1ccc(O)c(C(C)O)c1. The van der Waals surface area contributed by atoms with Gasteiger partial charge in [0.25, 0.3) is 0 Å². The number of phenols is 1. The molecule has 2 nitrogen and oxygen atoms in total. The number of phenolic OH excluding ortho intramolecular Hbond substituents is 1. The minimum atomic E-state index is -0.639. The highest BCUT2D eigenvalue weighted by Crippen LogP contribution is 2.28. The Balaban J connectivity index is 3.18. The lowest BCUT2D eigenvalue weighted by atomic mass is 9.98. The van der Waals surface area contributed by atoms with Gasteiger partial charge >= 0.3 is 0 Å². The first kappa shape index (κ1) is 11.8. The summed E-state index contributed by atoms with van der Waals surface area (Å²) in [4.78, 5) is 0. The highest BCUT2D eigenvalue weighted by Gasteiger charge is 2.09. The molecule has 1 aromatic rings. The molecule has 0 heterocycles. The lowest BCUT2D eigenvalue weighted by molar-refractivity contribution is 0.195. The van der Waals surface area contributed by atoms with E-state index in [2.05, 4.69) is 13.0 Å². The average molecular weight is 206 g/mol. The van der Waals surface area contributed by atoms with Gasteiger partial charge in [-0.15, -0.1) is 0 Å². The number of aliphatic hydroxyl groups is 1. The Hall–Kier alpha value is -1.28. The average Bonchev–Trinajstić information content (AvgIpc) is 2.21. The van der Waals surface area contributed by atoms with Crippen molar-refractivity contribution >= 4 is 5.57 Å². The first-order valence-electron chi connectivity index (χ1n) is 5.26. The van der Waals surface area contributed by atoms with E-state index in [0.29, 0.717) is 5.56 Å². The summed E-state index contributed by atoms with van der Waals surface area (Å²) in [5.74, 6) is 0.153. The fraction of sp³-hybridized carbons (Fsp3) is 0.385. The molecular weight excluding hydrogens is 188 g/mol. The van der Waals surface area contributed by atoms with E-state index in [1.54, 1.807) is 13.0 Å². The Morgan fingerprint density at radius 2 is 2.13 bits per heavy atom. The Bertz CT molecular complexity index is 365. The van der Waals surface area contributed by atoms with Crippen LogP contribution in [-0.4, -0.2) is 10.2 Å². The highest BCUT2D eigenvalue weighted by molar-refractivity contribution is 5.66. The number of aromatic hydroxyl groups is 1. The summed E-state index contributed by atoms with van der Waals surface area (Å²) in [7, 11) is 0. The van der Waals surface area contributed by atoms with Crippen molar-refractivity contribution in [1.82, 2.24) is 0 Å². The molecule has 0 aliphatic rings. The molecular formula is C13H18O2. The number of hydrogen-bond acceptors (Lipinski definition) is 2. The number of aliphatic hydroxyl groups excluding tert-OH is 1. The van der Waals surface area contributed by atoms with Crippen molar-refractivity contribution in [3.05, 3.63) is 35.4 Å². The molecule has 0 aromatic heterocycles. The quantitative estimate of drug-likeness (QED) is 0.797. The molecule has 2 heteroatoms. The Morgan fingerprint density at radius 1 is 1.47 bits per heavy atom. The fourth-order valence-electron chi connectivity index (χ4n) is 1.66. The first-order chi connectivity index (χ1) is 7.10. The summed E-state index contributed by atoms with van der Waals surface area (Å²) >= 11 is 0. The third-order valence-corrected chi connectivity index (χ3v) is 2.58. The van der Waals surface area contributed by atoms with Crippen LogP contribution in [0.1, 0.15) is 44.4 Å². The largest absolute Gasteiger partial charge is 0.508 e. The summed E-state index contributed by atoms with van der Waals surface area (Å²) in [6.07, 6.45) is 2.36. The summed E-state index contributed by atoms with van der Waals surface area (Å²) in [5, 5.41) is 19.0. The third-order valence-electron chi connectivity index (χ3n) is 2.58. The summed E-state index contributed by atoms with van der Waals surface area (Å²) in [6, 6.07) is 5.36. The van der Waals surface area contributed by atoms with Crippen molar-refractivity contribution in [2.45, 2.75) is 33.3 Å². The minimum absolute atomic E-state index is 0.153. The lowest BCUT2D eigenvalue weighted by Gasteiger charge is -2.11. The molecule has 0 spiro atoms. The van der Waals surface area contributed by atoms with E-state index >= 15 is 0 Å². The van der Waals surface area contributed by atoms with Gasteiger partial charge < -0.3 is 10.2 Å². The van der Waals surface area contributed by atoms with Crippen LogP contribution in [0.15, 0.2) is 24.3 Å². The predicted molar refractivity (Wildman–Crippen MR) is 62.7 cm³/mol. The standard InChI is InChI=1S/C13H18O2/c1-4-10(5-2)11-6-7-13(15)12(8-11)9(3)14/h4,6-9,14-15H,5H2,1-3H3/b10-4+. The van der Waals surface area contributed by atoms with Crippen LogP contribution in [0.5, 0.6) is 5.75 Å². The van der Waals surface area contributed by atoms with Gasteiger partial charge in [-0.1, -0.05) is 19.1 Å². The summed E-state index contributed by atoms with van der Waals surface area (Å²) in [5.41, 5.74) is 2.87. The van der Waals surface area contributed by atoms with Gasteiger partial charge in [-0.25, -0.2) is 0 Å². The van der Waals surface area contributed by atoms with E-state index in [1.165, 1.54) is 5.57 Å².